The molecule has 0 saturated carbocycles. The molecule has 0 amide bonds. The summed E-state index contributed by atoms with van der Waals surface area (Å²) in [7, 11) is 0. The lowest BCUT2D eigenvalue weighted by Gasteiger charge is -1.95. The predicted molar refractivity (Wildman–Crippen MR) is 79.8 cm³/mol. The van der Waals surface area contributed by atoms with Crippen LogP contribution < -0.4 is 5.84 Å². The molecule has 9 heteroatoms. The maximum atomic E-state index is 10.7. The molecule has 0 spiro atoms. The van der Waals surface area contributed by atoms with E-state index in [0.29, 0.717) is 10.0 Å². The second-order valence-corrected chi connectivity index (χ2v) is 5.47. The molecule has 0 fully saturated rings. The van der Waals surface area contributed by atoms with Crippen LogP contribution in [0, 0.1) is 10.1 Å². The van der Waals surface area contributed by atoms with Crippen molar-refractivity contribution in [2.45, 2.75) is 0 Å². The third-order valence-corrected chi connectivity index (χ3v) is 3.95. The van der Waals surface area contributed by atoms with Gasteiger partial charge in [-0.3, -0.25) is 10.1 Å². The highest BCUT2D eigenvalue weighted by atomic mass is 35.5. The van der Waals surface area contributed by atoms with E-state index in [1.54, 1.807) is 18.2 Å². The Morgan fingerprint density at radius 1 is 1.43 bits per heavy atom. The molecule has 0 aliphatic heterocycles. The van der Waals surface area contributed by atoms with E-state index in [2.05, 4.69) is 10.1 Å². The number of hydrogen-bond acceptors (Lipinski definition) is 7. The summed E-state index contributed by atoms with van der Waals surface area (Å²) in [5.74, 6) is 5.18. The molecule has 21 heavy (non-hydrogen) atoms. The first kappa shape index (κ1) is 13.5. The van der Waals surface area contributed by atoms with Gasteiger partial charge >= 0.3 is 5.88 Å². The molecule has 0 aliphatic rings. The van der Waals surface area contributed by atoms with Gasteiger partial charge in [0.1, 0.15) is 9.93 Å². The largest absolute Gasteiger partial charge is 0.433 e. The van der Waals surface area contributed by atoms with E-state index in [-0.39, 0.29) is 17.4 Å². The number of nitrogens with two attached hydrogens (primary N) is 1. The summed E-state index contributed by atoms with van der Waals surface area (Å²) in [6, 6.07) is 7.95. The Balaban J connectivity index is 2.07. The number of rotatable bonds is 3. The summed E-state index contributed by atoms with van der Waals surface area (Å²) >= 11 is 7.25. The number of nitro groups is 1. The summed E-state index contributed by atoms with van der Waals surface area (Å²) < 4.78 is 5.96. The molecule has 2 aromatic heterocycles. The highest BCUT2D eigenvalue weighted by Crippen LogP contribution is 2.28. The van der Waals surface area contributed by atoms with Gasteiger partial charge < -0.3 is 10.3 Å². The zero-order valence-corrected chi connectivity index (χ0v) is 11.9. The number of hydrazone groups is 1. The quantitative estimate of drug-likeness (QED) is 0.345. The van der Waals surface area contributed by atoms with Gasteiger partial charge in [-0.15, -0.1) is 11.3 Å². The van der Waals surface area contributed by atoms with Crippen LogP contribution in [0.1, 0.15) is 10.8 Å². The molecule has 0 atom stereocenters. The van der Waals surface area contributed by atoms with Gasteiger partial charge in [-0.1, -0.05) is 11.6 Å². The molecule has 0 radical (unpaired) electrons. The maximum absolute atomic E-state index is 10.7. The fraction of sp³-hybridized carbons (Fsp3) is 0. The number of aromatic nitrogens is 1. The molecular formula is C12H7ClN4O3S. The van der Waals surface area contributed by atoms with E-state index in [4.69, 9.17) is 21.9 Å². The summed E-state index contributed by atoms with van der Waals surface area (Å²) in [6.07, 6.45) is 0. The number of halogens is 1. The second kappa shape index (κ2) is 5.15. The molecule has 0 aliphatic carbocycles. The van der Waals surface area contributed by atoms with E-state index in [9.17, 15) is 10.1 Å². The highest BCUT2D eigenvalue weighted by molar-refractivity contribution is 7.20. The van der Waals surface area contributed by atoms with E-state index >= 15 is 0 Å². The van der Waals surface area contributed by atoms with Crippen molar-refractivity contribution in [1.82, 2.24) is 4.98 Å². The monoisotopic (exact) mass is 322 g/mol. The molecule has 3 aromatic rings. The zero-order chi connectivity index (χ0) is 15.0. The third kappa shape index (κ3) is 2.46. The molecule has 2 N–H and O–H groups in total. The molecule has 0 saturated heterocycles. The lowest BCUT2D eigenvalue weighted by atomic mass is 10.3. The zero-order valence-electron chi connectivity index (χ0n) is 10.3. The van der Waals surface area contributed by atoms with Crippen molar-refractivity contribution in [2.75, 3.05) is 0 Å². The summed E-state index contributed by atoms with van der Waals surface area (Å²) in [5, 5.41) is 15.4. The van der Waals surface area contributed by atoms with Crippen molar-refractivity contribution in [3.8, 4) is 0 Å². The Hall–Kier alpha value is -2.45. The fourth-order valence-electron chi connectivity index (χ4n) is 1.78. The SMILES string of the molecule is NN=C(c1ccc([N+](=O)[O-])o1)c1nc2ccc(Cl)cc2s1. The lowest BCUT2D eigenvalue weighted by molar-refractivity contribution is -0.402. The average molecular weight is 323 g/mol. The van der Waals surface area contributed by atoms with Crippen molar-refractivity contribution in [3.63, 3.8) is 0 Å². The highest BCUT2D eigenvalue weighted by Gasteiger charge is 2.20. The molecule has 0 bridgehead atoms. The lowest BCUT2D eigenvalue weighted by Crippen LogP contribution is -2.04. The summed E-state index contributed by atoms with van der Waals surface area (Å²) in [6.45, 7) is 0. The van der Waals surface area contributed by atoms with Crippen LogP contribution in [0.5, 0.6) is 0 Å². The van der Waals surface area contributed by atoms with Crippen LogP contribution in [-0.4, -0.2) is 15.6 Å². The molecule has 7 nitrogen and oxygen atoms in total. The van der Waals surface area contributed by atoms with Crippen LogP contribution >= 0.6 is 22.9 Å². The van der Waals surface area contributed by atoms with Crippen molar-refractivity contribution in [3.05, 3.63) is 56.2 Å². The number of benzene rings is 1. The van der Waals surface area contributed by atoms with Gasteiger partial charge in [0.15, 0.2) is 11.5 Å². The van der Waals surface area contributed by atoms with Gasteiger partial charge in [0.25, 0.3) is 0 Å². The van der Waals surface area contributed by atoms with Gasteiger partial charge in [-0.2, -0.15) is 5.10 Å². The Bertz CT molecular complexity index is 870. The smallest absolute Gasteiger partial charge is 0.399 e. The average Bonchev–Trinajstić information content (AvgIpc) is 3.06. The predicted octanol–water partition coefficient (Wildman–Crippen LogP) is 3.16. The number of fused-ring (bicyclic) bond motifs is 1. The first-order valence-corrected chi connectivity index (χ1v) is 6.87. The van der Waals surface area contributed by atoms with Crippen LogP contribution in [0.25, 0.3) is 10.2 Å². The van der Waals surface area contributed by atoms with E-state index < -0.39 is 4.92 Å². The summed E-state index contributed by atoms with van der Waals surface area (Å²) in [5.41, 5.74) is 0.988. The standard InChI is InChI=1S/C12H7ClN4O3S/c13-6-1-2-7-9(5-6)21-12(15-7)11(16-14)8-3-4-10(20-8)17(18)19/h1-5H,14H2. The maximum Gasteiger partial charge on any atom is 0.433 e. The number of furan rings is 1. The van der Waals surface area contributed by atoms with Crippen LogP contribution in [0.15, 0.2) is 39.9 Å². The molecule has 0 unspecified atom stereocenters. The van der Waals surface area contributed by atoms with Gasteiger partial charge in [-0.25, -0.2) is 4.98 Å². The Morgan fingerprint density at radius 2 is 2.24 bits per heavy atom. The van der Waals surface area contributed by atoms with Crippen LogP contribution in [0.3, 0.4) is 0 Å². The Morgan fingerprint density at radius 3 is 2.90 bits per heavy atom. The van der Waals surface area contributed by atoms with Crippen molar-refractivity contribution in [2.24, 2.45) is 10.9 Å². The topological polar surface area (TPSA) is 108 Å². The first-order chi connectivity index (χ1) is 10.1. The Labute approximate surface area is 126 Å². The summed E-state index contributed by atoms with van der Waals surface area (Å²) in [4.78, 5) is 14.4. The van der Waals surface area contributed by atoms with E-state index in [1.165, 1.54) is 23.5 Å². The van der Waals surface area contributed by atoms with Gasteiger partial charge in [0, 0.05) is 5.02 Å². The number of nitrogens with zero attached hydrogens (tertiary/aromatic N) is 3. The van der Waals surface area contributed by atoms with Gasteiger partial charge in [0.2, 0.25) is 0 Å². The van der Waals surface area contributed by atoms with Crippen LogP contribution in [-0.2, 0) is 0 Å². The first-order valence-electron chi connectivity index (χ1n) is 5.67. The van der Waals surface area contributed by atoms with Crippen LogP contribution in [0.4, 0.5) is 5.88 Å². The molecular weight excluding hydrogens is 316 g/mol. The Kier molecular flexibility index (Phi) is 3.32. The molecule has 106 valence electrons. The minimum absolute atomic E-state index is 0.189. The van der Waals surface area contributed by atoms with Crippen molar-refractivity contribution in [1.29, 1.82) is 0 Å². The van der Waals surface area contributed by atoms with E-state index in [0.717, 1.165) is 10.2 Å². The van der Waals surface area contributed by atoms with Crippen molar-refractivity contribution < 1.29 is 9.34 Å². The number of thiazole rings is 1. The van der Waals surface area contributed by atoms with Gasteiger partial charge in [0.05, 0.1) is 16.3 Å². The molecule has 2 heterocycles. The van der Waals surface area contributed by atoms with Gasteiger partial charge in [-0.05, 0) is 24.3 Å². The minimum atomic E-state index is -0.629. The molecule has 1 aromatic carbocycles. The minimum Gasteiger partial charge on any atom is -0.399 e. The van der Waals surface area contributed by atoms with Crippen molar-refractivity contribution >= 4 is 44.8 Å². The normalized spacial score (nSPS) is 12.0. The van der Waals surface area contributed by atoms with Crippen LogP contribution in [0.2, 0.25) is 5.02 Å². The molecule has 3 rings (SSSR count). The third-order valence-electron chi connectivity index (χ3n) is 2.69. The number of hydrogen-bond donors (Lipinski definition) is 1. The van der Waals surface area contributed by atoms with E-state index in [1.807, 2.05) is 0 Å². The second-order valence-electron chi connectivity index (χ2n) is 4.00. The fourth-order valence-corrected chi connectivity index (χ4v) is 3.02.